The van der Waals surface area contributed by atoms with Crippen molar-refractivity contribution < 1.29 is 34.1 Å². The van der Waals surface area contributed by atoms with E-state index in [-0.39, 0.29) is 34.4 Å². The zero-order chi connectivity index (χ0) is 29.0. The van der Waals surface area contributed by atoms with Crippen molar-refractivity contribution >= 4 is 57.7 Å². The Bertz CT molecular complexity index is 1640. The average Bonchev–Trinajstić information content (AvgIpc) is 3.40. The smallest absolute Gasteiger partial charge is 0.345 e. The first kappa shape index (κ1) is 27.7. The molecule has 0 saturated heterocycles. The molecule has 0 spiro atoms. The number of pyridine rings is 1. The van der Waals surface area contributed by atoms with Crippen LogP contribution in [0.25, 0.3) is 10.9 Å². The standard InChI is InChI=1S/C27H23N5O7S/c1-14(24(34)35)32(12-15-10-22(25(36)37)40-13-15)23(33)21-8-4-17-11-19(7-9-20(17)31-21)39-26(38)16-2-5-18(6-3-16)30-27(28)29/h2-11,13-14H,12H2,1H3,(H,34,35)(H,36,37)(H4,28,29,30)/t14-/m0/s1. The highest BCUT2D eigenvalue weighted by Crippen LogP contribution is 2.24. The van der Waals surface area contributed by atoms with Gasteiger partial charge in [-0.2, -0.15) is 0 Å². The number of aromatic nitrogens is 1. The monoisotopic (exact) mass is 561 g/mol. The third-order valence-electron chi connectivity index (χ3n) is 5.75. The topological polar surface area (TPSA) is 198 Å². The number of benzene rings is 2. The van der Waals surface area contributed by atoms with E-state index in [1.165, 1.54) is 37.3 Å². The maximum Gasteiger partial charge on any atom is 0.345 e. The first-order valence-electron chi connectivity index (χ1n) is 11.7. The van der Waals surface area contributed by atoms with Gasteiger partial charge in [0.05, 0.1) is 16.8 Å². The van der Waals surface area contributed by atoms with Crippen LogP contribution < -0.4 is 16.2 Å². The molecule has 2 aromatic heterocycles. The van der Waals surface area contributed by atoms with Crippen molar-refractivity contribution in [3.05, 3.63) is 87.7 Å². The minimum absolute atomic E-state index is 0.0000951. The number of carbonyl (C=O) groups is 4. The molecule has 12 nitrogen and oxygen atoms in total. The minimum atomic E-state index is -1.22. The molecule has 13 heteroatoms. The normalized spacial score (nSPS) is 11.4. The number of rotatable bonds is 9. The molecule has 0 aliphatic heterocycles. The number of aliphatic carboxylic acids is 1. The number of guanidine groups is 1. The van der Waals surface area contributed by atoms with Crippen molar-refractivity contribution in [3.63, 3.8) is 0 Å². The third kappa shape index (κ3) is 6.39. The number of hydrogen-bond acceptors (Lipinski definition) is 8. The van der Waals surface area contributed by atoms with Crippen LogP contribution in [0.15, 0.2) is 71.0 Å². The lowest BCUT2D eigenvalue weighted by Crippen LogP contribution is -2.43. The van der Waals surface area contributed by atoms with E-state index < -0.39 is 29.9 Å². The zero-order valence-electron chi connectivity index (χ0n) is 21.0. The van der Waals surface area contributed by atoms with E-state index in [0.717, 1.165) is 16.2 Å². The number of thiophene rings is 1. The van der Waals surface area contributed by atoms with E-state index in [9.17, 15) is 24.3 Å². The first-order valence-corrected chi connectivity index (χ1v) is 12.6. The van der Waals surface area contributed by atoms with Gasteiger partial charge >= 0.3 is 17.9 Å². The Morgan fingerprint density at radius 1 is 1.02 bits per heavy atom. The molecule has 1 amide bonds. The fourth-order valence-electron chi connectivity index (χ4n) is 3.71. The summed E-state index contributed by atoms with van der Waals surface area (Å²) in [5, 5.41) is 20.9. The largest absolute Gasteiger partial charge is 0.480 e. The second-order valence-electron chi connectivity index (χ2n) is 8.60. The molecule has 40 heavy (non-hydrogen) atoms. The Hall–Kier alpha value is -5.30. The van der Waals surface area contributed by atoms with Gasteiger partial charge in [-0.3, -0.25) is 4.79 Å². The summed E-state index contributed by atoms with van der Waals surface area (Å²) in [5.41, 5.74) is 12.4. The van der Waals surface area contributed by atoms with E-state index in [4.69, 9.17) is 21.3 Å². The molecule has 0 saturated carbocycles. The fourth-order valence-corrected chi connectivity index (χ4v) is 4.45. The molecule has 0 aliphatic carbocycles. The Morgan fingerprint density at radius 2 is 1.75 bits per heavy atom. The van der Waals surface area contributed by atoms with Crippen LogP contribution >= 0.6 is 11.3 Å². The number of fused-ring (bicyclic) bond motifs is 1. The number of amides is 1. The number of carboxylic acids is 2. The number of esters is 1. The highest BCUT2D eigenvalue weighted by Gasteiger charge is 2.28. The van der Waals surface area contributed by atoms with E-state index >= 15 is 0 Å². The quantitative estimate of drug-likeness (QED) is 0.102. The van der Waals surface area contributed by atoms with E-state index in [2.05, 4.69) is 9.98 Å². The summed E-state index contributed by atoms with van der Waals surface area (Å²) in [6.45, 7) is 1.25. The van der Waals surface area contributed by atoms with Crippen LogP contribution in [0.2, 0.25) is 0 Å². The molecular formula is C27H23N5O7S. The van der Waals surface area contributed by atoms with Gasteiger partial charge in [-0.15, -0.1) is 11.3 Å². The summed E-state index contributed by atoms with van der Waals surface area (Å²) in [7, 11) is 0. The Kier molecular flexibility index (Phi) is 8.05. The summed E-state index contributed by atoms with van der Waals surface area (Å²) in [6, 6.07) is 14.1. The van der Waals surface area contributed by atoms with Crippen LogP contribution in [0, 0.1) is 0 Å². The Morgan fingerprint density at radius 3 is 2.38 bits per heavy atom. The molecule has 204 valence electrons. The fraction of sp³-hybridized carbons (Fsp3) is 0.111. The molecule has 2 aromatic carbocycles. The molecule has 0 aliphatic rings. The van der Waals surface area contributed by atoms with Crippen molar-refractivity contribution in [2.75, 3.05) is 0 Å². The maximum absolute atomic E-state index is 13.3. The van der Waals surface area contributed by atoms with Crippen molar-refractivity contribution in [1.29, 1.82) is 0 Å². The van der Waals surface area contributed by atoms with E-state index in [1.54, 1.807) is 35.7 Å². The summed E-state index contributed by atoms with van der Waals surface area (Å²) in [5.74, 6) is -3.43. The van der Waals surface area contributed by atoms with Crippen molar-refractivity contribution in [3.8, 4) is 5.75 Å². The van der Waals surface area contributed by atoms with Crippen LogP contribution in [0.5, 0.6) is 5.75 Å². The van der Waals surface area contributed by atoms with E-state index in [1.807, 2.05) is 0 Å². The third-order valence-corrected chi connectivity index (χ3v) is 6.72. The highest BCUT2D eigenvalue weighted by atomic mass is 32.1. The van der Waals surface area contributed by atoms with Crippen LogP contribution in [0.1, 0.15) is 43.0 Å². The van der Waals surface area contributed by atoms with Crippen molar-refractivity contribution in [1.82, 2.24) is 9.88 Å². The minimum Gasteiger partial charge on any atom is -0.480 e. The summed E-state index contributed by atoms with van der Waals surface area (Å²) in [4.78, 5) is 58.3. The molecule has 4 aromatic rings. The zero-order valence-corrected chi connectivity index (χ0v) is 21.8. The lowest BCUT2D eigenvalue weighted by Gasteiger charge is -2.26. The highest BCUT2D eigenvalue weighted by molar-refractivity contribution is 7.12. The number of aromatic carboxylic acids is 1. The second kappa shape index (κ2) is 11.6. The molecule has 0 unspecified atom stereocenters. The summed E-state index contributed by atoms with van der Waals surface area (Å²) < 4.78 is 5.46. The van der Waals surface area contributed by atoms with Gasteiger partial charge in [0.25, 0.3) is 5.91 Å². The maximum atomic E-state index is 13.3. The van der Waals surface area contributed by atoms with Gasteiger partial charge in [0, 0.05) is 11.9 Å². The molecule has 2 heterocycles. The van der Waals surface area contributed by atoms with Crippen molar-refractivity contribution in [2.45, 2.75) is 19.5 Å². The molecule has 1 atom stereocenters. The van der Waals surface area contributed by atoms with E-state index in [0.29, 0.717) is 22.2 Å². The second-order valence-corrected chi connectivity index (χ2v) is 9.51. The number of nitrogens with two attached hydrogens (primary N) is 2. The van der Waals surface area contributed by atoms with Gasteiger partial charge in [-0.25, -0.2) is 24.4 Å². The lowest BCUT2D eigenvalue weighted by atomic mass is 10.1. The molecule has 6 N–H and O–H groups in total. The van der Waals surface area contributed by atoms with Crippen molar-refractivity contribution in [2.24, 2.45) is 16.5 Å². The Labute approximate surface area is 231 Å². The molecule has 4 rings (SSSR count). The van der Waals surface area contributed by atoms with Gasteiger partial charge in [-0.1, -0.05) is 6.07 Å². The first-order chi connectivity index (χ1) is 19.0. The number of aliphatic imine (C=N–C) groups is 1. The molecular weight excluding hydrogens is 538 g/mol. The Balaban J connectivity index is 1.53. The predicted molar refractivity (Wildman–Crippen MR) is 147 cm³/mol. The number of nitrogens with zero attached hydrogens (tertiary/aromatic N) is 3. The predicted octanol–water partition coefficient (Wildman–Crippen LogP) is 3.23. The van der Waals surface area contributed by atoms with Gasteiger partial charge in [0.1, 0.15) is 22.4 Å². The van der Waals surface area contributed by atoms with Crippen LogP contribution in [-0.2, 0) is 11.3 Å². The van der Waals surface area contributed by atoms with Gasteiger partial charge in [0.2, 0.25) is 0 Å². The number of carbonyl (C=O) groups excluding carboxylic acids is 2. The van der Waals surface area contributed by atoms with Crippen LogP contribution in [0.4, 0.5) is 5.69 Å². The van der Waals surface area contributed by atoms with Crippen LogP contribution in [0.3, 0.4) is 0 Å². The lowest BCUT2D eigenvalue weighted by molar-refractivity contribution is -0.141. The number of ether oxygens (including phenoxy) is 1. The summed E-state index contributed by atoms with van der Waals surface area (Å²) >= 11 is 0.985. The molecule has 0 radical (unpaired) electrons. The molecule has 0 bridgehead atoms. The number of hydrogen-bond donors (Lipinski definition) is 4. The molecule has 0 fully saturated rings. The van der Waals surface area contributed by atoms with Gasteiger partial charge < -0.3 is 31.3 Å². The van der Waals surface area contributed by atoms with Gasteiger partial charge in [-0.05, 0) is 72.5 Å². The van der Waals surface area contributed by atoms with Crippen LogP contribution in [-0.4, -0.2) is 55.9 Å². The number of carboxylic acid groups (broad SMARTS) is 2. The summed E-state index contributed by atoms with van der Waals surface area (Å²) in [6.07, 6.45) is 0. The van der Waals surface area contributed by atoms with Gasteiger partial charge in [0.15, 0.2) is 5.96 Å². The SMILES string of the molecule is C[C@@H](C(=O)O)N(Cc1csc(C(=O)O)c1)C(=O)c1ccc2cc(OC(=O)c3ccc(N=C(N)N)cc3)ccc2n1. The average molecular weight is 562 g/mol.